The Bertz CT molecular complexity index is 280. The topological polar surface area (TPSA) is 77.4 Å². The second kappa shape index (κ2) is 14.4. The fourth-order valence-electron chi connectivity index (χ4n) is 2.02. The molecule has 19 heavy (non-hydrogen) atoms. The zero-order valence-corrected chi connectivity index (χ0v) is 16.4. The van der Waals surface area contributed by atoms with Gasteiger partial charge in [0.15, 0.2) is 0 Å². The van der Waals surface area contributed by atoms with Gasteiger partial charge in [0.2, 0.25) is 0 Å². The minimum Gasteiger partial charge on any atom is -0.748 e. The normalized spacial score (nSPS) is 13.0. The van der Waals surface area contributed by atoms with Gasteiger partial charge in [0.05, 0.1) is 16.2 Å². The molecule has 1 unspecified atom stereocenters. The van der Waals surface area contributed by atoms with Crippen LogP contribution in [-0.2, 0) is 10.1 Å². The zero-order valence-electron chi connectivity index (χ0n) is 12.4. The van der Waals surface area contributed by atoms with Crippen molar-refractivity contribution in [3.63, 3.8) is 0 Å². The van der Waals surface area contributed by atoms with Crippen LogP contribution in [0, 0.1) is 0 Å². The van der Waals surface area contributed by atoms with Crippen molar-refractivity contribution >= 4 is 10.1 Å². The Hall–Kier alpha value is 1.51. The molecule has 0 rings (SSSR count). The summed E-state index contributed by atoms with van der Waals surface area (Å²) in [5.74, 6) is -0.226. The van der Waals surface area contributed by atoms with Crippen molar-refractivity contribution in [2.24, 2.45) is 0 Å². The fourth-order valence-corrected chi connectivity index (χ4v) is 2.58. The van der Waals surface area contributed by atoms with Crippen LogP contribution in [-0.4, -0.2) is 29.9 Å². The maximum Gasteiger partial charge on any atom is 1.00 e. The van der Waals surface area contributed by atoms with Crippen LogP contribution in [0.5, 0.6) is 0 Å². The van der Waals surface area contributed by atoms with Gasteiger partial charge >= 0.3 is 51.4 Å². The summed E-state index contributed by atoms with van der Waals surface area (Å²) in [5.41, 5.74) is 0. The third kappa shape index (κ3) is 19.5. The molecule has 0 spiro atoms. The minimum absolute atomic E-state index is 0. The van der Waals surface area contributed by atoms with Crippen LogP contribution in [0.1, 0.15) is 71.1 Å². The standard InChI is InChI=1S/C13H28O4S.K/c1-2-10-13(14)11-8-6-4-3-5-7-9-12-18(15,16)17;/h13-14H,2-12H2,1H3,(H,15,16,17);/q;+1/p-1. The number of hydrogen-bond acceptors (Lipinski definition) is 4. The van der Waals surface area contributed by atoms with Crippen LogP contribution in [0.25, 0.3) is 0 Å². The Kier molecular flexibility index (Phi) is 17.3. The van der Waals surface area contributed by atoms with Gasteiger partial charge in [-0.1, -0.05) is 51.9 Å². The van der Waals surface area contributed by atoms with E-state index in [1.54, 1.807) is 0 Å². The Labute approximate surface area is 160 Å². The van der Waals surface area contributed by atoms with Gasteiger partial charge in [-0.05, 0) is 19.3 Å². The minimum atomic E-state index is -4.02. The van der Waals surface area contributed by atoms with Gasteiger partial charge in [-0.15, -0.1) is 0 Å². The van der Waals surface area contributed by atoms with E-state index in [0.717, 1.165) is 57.8 Å². The monoisotopic (exact) mass is 318 g/mol. The predicted molar refractivity (Wildman–Crippen MR) is 72.4 cm³/mol. The van der Waals surface area contributed by atoms with E-state index in [0.29, 0.717) is 6.42 Å². The van der Waals surface area contributed by atoms with Gasteiger partial charge in [0.25, 0.3) is 0 Å². The molecule has 0 saturated carbocycles. The predicted octanol–water partition coefficient (Wildman–Crippen LogP) is -0.183. The van der Waals surface area contributed by atoms with Crippen molar-refractivity contribution < 1.29 is 69.5 Å². The van der Waals surface area contributed by atoms with E-state index in [4.69, 9.17) is 0 Å². The number of unbranched alkanes of at least 4 members (excludes halogenated alkanes) is 6. The molecule has 0 heterocycles. The summed E-state index contributed by atoms with van der Waals surface area (Å²) in [4.78, 5) is 0. The van der Waals surface area contributed by atoms with Gasteiger partial charge in [0.1, 0.15) is 0 Å². The largest absolute Gasteiger partial charge is 1.00 e. The molecular weight excluding hydrogens is 291 g/mol. The summed E-state index contributed by atoms with van der Waals surface area (Å²) in [6, 6.07) is 0. The molecule has 0 aliphatic heterocycles. The maximum atomic E-state index is 10.3. The van der Waals surface area contributed by atoms with E-state index in [1.165, 1.54) is 0 Å². The number of aliphatic hydroxyl groups is 1. The Morgan fingerprint density at radius 1 is 0.947 bits per heavy atom. The molecule has 0 saturated heterocycles. The third-order valence-electron chi connectivity index (χ3n) is 3.05. The number of aliphatic hydroxyl groups excluding tert-OH is 1. The molecule has 1 atom stereocenters. The first-order chi connectivity index (χ1) is 8.45. The Balaban J connectivity index is 0. The first-order valence-electron chi connectivity index (χ1n) is 7.07. The van der Waals surface area contributed by atoms with Crippen LogP contribution < -0.4 is 51.4 Å². The summed E-state index contributed by atoms with van der Waals surface area (Å²) in [5, 5.41) is 9.51. The molecular formula is C13H27KO4S. The van der Waals surface area contributed by atoms with E-state index >= 15 is 0 Å². The fraction of sp³-hybridized carbons (Fsp3) is 1.00. The van der Waals surface area contributed by atoms with E-state index in [2.05, 4.69) is 6.92 Å². The summed E-state index contributed by atoms with van der Waals surface area (Å²) in [7, 11) is -4.02. The molecule has 0 amide bonds. The molecule has 110 valence electrons. The molecule has 0 radical (unpaired) electrons. The van der Waals surface area contributed by atoms with E-state index < -0.39 is 10.1 Å². The van der Waals surface area contributed by atoms with Crippen LogP contribution in [0.2, 0.25) is 0 Å². The van der Waals surface area contributed by atoms with E-state index in [1.807, 2.05) is 0 Å². The van der Waals surface area contributed by atoms with Gasteiger partial charge < -0.3 is 9.66 Å². The molecule has 0 aliphatic rings. The Morgan fingerprint density at radius 3 is 1.89 bits per heavy atom. The van der Waals surface area contributed by atoms with Crippen molar-refractivity contribution in [2.75, 3.05) is 5.75 Å². The maximum absolute atomic E-state index is 10.3. The molecule has 0 fully saturated rings. The summed E-state index contributed by atoms with van der Waals surface area (Å²) < 4.78 is 31.0. The molecule has 0 aromatic rings. The first kappa shape index (κ1) is 22.8. The summed E-state index contributed by atoms with van der Waals surface area (Å²) >= 11 is 0. The number of hydrogen-bond donors (Lipinski definition) is 1. The van der Waals surface area contributed by atoms with Crippen LogP contribution in [0.15, 0.2) is 0 Å². The van der Waals surface area contributed by atoms with Crippen molar-refractivity contribution in [3.8, 4) is 0 Å². The van der Waals surface area contributed by atoms with Crippen molar-refractivity contribution in [1.29, 1.82) is 0 Å². The molecule has 1 N–H and O–H groups in total. The van der Waals surface area contributed by atoms with Crippen LogP contribution in [0.3, 0.4) is 0 Å². The van der Waals surface area contributed by atoms with Crippen molar-refractivity contribution in [1.82, 2.24) is 0 Å². The SMILES string of the molecule is CCCC(O)CCCCCCCCCS(=O)(=O)[O-].[K+]. The van der Waals surface area contributed by atoms with E-state index in [-0.39, 0.29) is 63.2 Å². The zero-order chi connectivity index (χ0) is 13.9. The quantitative estimate of drug-likeness (QED) is 0.308. The summed E-state index contributed by atoms with van der Waals surface area (Å²) in [6.45, 7) is 2.07. The van der Waals surface area contributed by atoms with Crippen LogP contribution >= 0.6 is 0 Å². The molecule has 0 aromatic carbocycles. The summed E-state index contributed by atoms with van der Waals surface area (Å²) in [6.07, 6.45) is 9.38. The van der Waals surface area contributed by atoms with Gasteiger partial charge in [-0.3, -0.25) is 0 Å². The average Bonchev–Trinajstić information content (AvgIpc) is 2.25. The Morgan fingerprint density at radius 2 is 1.42 bits per heavy atom. The van der Waals surface area contributed by atoms with Crippen LogP contribution in [0.4, 0.5) is 0 Å². The smallest absolute Gasteiger partial charge is 0.748 e. The second-order valence-electron chi connectivity index (χ2n) is 4.97. The first-order valence-corrected chi connectivity index (χ1v) is 8.65. The molecule has 6 heteroatoms. The average molecular weight is 319 g/mol. The third-order valence-corrected chi connectivity index (χ3v) is 3.84. The number of rotatable bonds is 12. The molecule has 0 aromatic heterocycles. The van der Waals surface area contributed by atoms with Gasteiger partial charge in [0, 0.05) is 5.75 Å². The molecule has 4 nitrogen and oxygen atoms in total. The molecule has 0 aliphatic carbocycles. The van der Waals surface area contributed by atoms with Crippen molar-refractivity contribution in [2.45, 2.75) is 77.2 Å². The van der Waals surface area contributed by atoms with Gasteiger partial charge in [-0.2, -0.15) is 0 Å². The van der Waals surface area contributed by atoms with Gasteiger partial charge in [-0.25, -0.2) is 8.42 Å². The molecule has 0 bridgehead atoms. The van der Waals surface area contributed by atoms with E-state index in [9.17, 15) is 18.1 Å². The second-order valence-corrected chi connectivity index (χ2v) is 6.49. The van der Waals surface area contributed by atoms with Crippen molar-refractivity contribution in [3.05, 3.63) is 0 Å².